The van der Waals surface area contributed by atoms with Gasteiger partial charge >= 0.3 is 0 Å². The zero-order chi connectivity index (χ0) is 22.7. The van der Waals surface area contributed by atoms with Gasteiger partial charge in [-0.1, -0.05) is 17.7 Å². The van der Waals surface area contributed by atoms with Crippen molar-refractivity contribution in [2.75, 3.05) is 14.2 Å². The molecule has 164 valence electrons. The molecule has 7 nitrogen and oxygen atoms in total. The number of aromatic amines is 1. The van der Waals surface area contributed by atoms with Gasteiger partial charge in [0.25, 0.3) is 13.3 Å². The van der Waals surface area contributed by atoms with Crippen molar-refractivity contribution < 1.29 is 18.6 Å². The van der Waals surface area contributed by atoms with Gasteiger partial charge in [0.15, 0.2) is 0 Å². The Labute approximate surface area is 186 Å². The van der Waals surface area contributed by atoms with Gasteiger partial charge in [-0.2, -0.15) is 0 Å². The van der Waals surface area contributed by atoms with E-state index < -0.39 is 7.37 Å². The van der Waals surface area contributed by atoms with Crippen LogP contribution in [0.25, 0.3) is 10.9 Å². The largest absolute Gasteiger partial charge is 0.497 e. The van der Waals surface area contributed by atoms with E-state index in [1.165, 1.54) is 7.11 Å². The lowest BCUT2D eigenvalue weighted by molar-refractivity contribution is 0.0947. The van der Waals surface area contributed by atoms with Crippen LogP contribution in [0.5, 0.6) is 5.75 Å². The number of methoxy groups -OCH3 is 1. The number of carbonyl (C=O) groups is 1. The van der Waals surface area contributed by atoms with Gasteiger partial charge in [-0.3, -0.25) is 14.3 Å². The van der Waals surface area contributed by atoms with E-state index in [0.29, 0.717) is 33.8 Å². The third-order valence-electron chi connectivity index (χ3n) is 5.30. The lowest BCUT2D eigenvalue weighted by Crippen LogP contribution is -2.30. The van der Waals surface area contributed by atoms with Crippen LogP contribution in [0.2, 0.25) is 0 Å². The number of aromatic nitrogens is 2. The summed E-state index contributed by atoms with van der Waals surface area (Å²) in [4.78, 5) is 20.4. The number of ether oxygens (including phenoxy) is 1. The molecule has 2 aromatic carbocycles. The first-order valence-electron chi connectivity index (χ1n) is 10.1. The Hall–Kier alpha value is -3.41. The minimum Gasteiger partial charge on any atom is -0.497 e. The lowest BCUT2D eigenvalue weighted by atomic mass is 10.2. The van der Waals surface area contributed by atoms with Gasteiger partial charge in [-0.25, -0.2) is 0 Å². The first-order chi connectivity index (χ1) is 15.5. The molecule has 32 heavy (non-hydrogen) atoms. The van der Waals surface area contributed by atoms with Crippen LogP contribution in [-0.4, -0.2) is 30.1 Å². The second-order valence-electron chi connectivity index (χ2n) is 7.37. The Bertz CT molecular complexity index is 1320. The van der Waals surface area contributed by atoms with Crippen LogP contribution in [0.1, 0.15) is 21.6 Å². The highest BCUT2D eigenvalue weighted by molar-refractivity contribution is 7.75. The summed E-state index contributed by atoms with van der Waals surface area (Å²) >= 11 is 0. The quantitative estimate of drug-likeness (QED) is 0.420. The molecule has 0 spiro atoms. The fourth-order valence-electron chi connectivity index (χ4n) is 3.65. The number of nitrogens with zero attached hydrogens (tertiary/aromatic N) is 1. The maximum atomic E-state index is 14.4. The molecule has 2 heterocycles. The second kappa shape index (κ2) is 8.99. The monoisotopic (exact) mass is 449 g/mol. The maximum absolute atomic E-state index is 14.4. The fraction of sp³-hybridized carbons (Fsp3) is 0.167. The summed E-state index contributed by atoms with van der Waals surface area (Å²) < 4.78 is 25.3. The molecule has 1 amide bonds. The number of pyridine rings is 1. The number of hydrogen-bond donors (Lipinski definition) is 2. The standard InChI is InChI=1S/C24H24N3O4P/c1-16-7-8-21-20(13-16)23(32(29,31-3)19-6-4-5-18(14-19)30-2)22(27-21)24(28)26-15-17-9-11-25-12-10-17/h4-14,27H,15H2,1-3H3,(H,26,28). The molecular formula is C24H24N3O4P. The third-order valence-corrected chi connectivity index (χ3v) is 7.83. The van der Waals surface area contributed by atoms with Crippen LogP contribution < -0.4 is 20.7 Å². The molecule has 4 rings (SSSR count). The van der Waals surface area contributed by atoms with Crippen molar-refractivity contribution in [2.45, 2.75) is 13.5 Å². The maximum Gasteiger partial charge on any atom is 0.268 e. The van der Waals surface area contributed by atoms with E-state index in [4.69, 9.17) is 9.26 Å². The first kappa shape index (κ1) is 21.8. The number of rotatable bonds is 7. The van der Waals surface area contributed by atoms with Crippen LogP contribution in [0.15, 0.2) is 67.0 Å². The van der Waals surface area contributed by atoms with Gasteiger partial charge in [0.05, 0.1) is 12.4 Å². The smallest absolute Gasteiger partial charge is 0.268 e. The van der Waals surface area contributed by atoms with E-state index >= 15 is 0 Å². The highest BCUT2D eigenvalue weighted by Crippen LogP contribution is 2.47. The number of nitrogens with one attached hydrogen (secondary N) is 2. The summed E-state index contributed by atoms with van der Waals surface area (Å²) in [5.41, 5.74) is 2.81. The van der Waals surface area contributed by atoms with Gasteiger partial charge in [0.2, 0.25) is 0 Å². The number of hydrogen-bond acceptors (Lipinski definition) is 5. The average molecular weight is 449 g/mol. The molecule has 0 aliphatic rings. The van der Waals surface area contributed by atoms with Crippen LogP contribution in [0.3, 0.4) is 0 Å². The third kappa shape index (κ3) is 4.05. The number of H-pyrrole nitrogens is 1. The minimum atomic E-state index is -3.63. The van der Waals surface area contributed by atoms with Crippen molar-refractivity contribution in [3.63, 3.8) is 0 Å². The molecule has 1 unspecified atom stereocenters. The second-order valence-corrected chi connectivity index (χ2v) is 9.80. The molecule has 0 bridgehead atoms. The highest BCUT2D eigenvalue weighted by atomic mass is 31.2. The van der Waals surface area contributed by atoms with E-state index in [1.54, 1.807) is 43.8 Å². The van der Waals surface area contributed by atoms with E-state index in [9.17, 15) is 9.36 Å². The minimum absolute atomic E-state index is 0.215. The van der Waals surface area contributed by atoms with Crippen molar-refractivity contribution in [1.82, 2.24) is 15.3 Å². The Balaban J connectivity index is 1.85. The Kier molecular flexibility index (Phi) is 6.12. The lowest BCUT2D eigenvalue weighted by Gasteiger charge is -2.19. The Morgan fingerprint density at radius 3 is 2.59 bits per heavy atom. The Morgan fingerprint density at radius 1 is 1.09 bits per heavy atom. The summed E-state index contributed by atoms with van der Waals surface area (Å²) in [6, 6.07) is 16.3. The molecule has 0 aliphatic heterocycles. The number of fused-ring (bicyclic) bond motifs is 1. The first-order valence-corrected chi connectivity index (χ1v) is 11.7. The molecule has 0 aliphatic carbocycles. The van der Waals surface area contributed by atoms with Gasteiger partial charge < -0.3 is 19.6 Å². The molecule has 0 saturated carbocycles. The summed E-state index contributed by atoms with van der Waals surface area (Å²) in [6.07, 6.45) is 3.33. The van der Waals surface area contributed by atoms with Crippen LogP contribution >= 0.6 is 7.37 Å². The van der Waals surface area contributed by atoms with Crippen LogP contribution in [0, 0.1) is 6.92 Å². The van der Waals surface area contributed by atoms with Crippen molar-refractivity contribution in [2.24, 2.45) is 0 Å². The highest BCUT2D eigenvalue weighted by Gasteiger charge is 2.36. The van der Waals surface area contributed by atoms with Gasteiger partial charge in [-0.15, -0.1) is 0 Å². The van der Waals surface area contributed by atoms with E-state index in [0.717, 1.165) is 11.1 Å². The number of benzene rings is 2. The zero-order valence-electron chi connectivity index (χ0n) is 18.1. The van der Waals surface area contributed by atoms with Gasteiger partial charge in [0, 0.05) is 42.3 Å². The van der Waals surface area contributed by atoms with Crippen LogP contribution in [-0.2, 0) is 15.6 Å². The Morgan fingerprint density at radius 2 is 1.88 bits per heavy atom. The topological polar surface area (TPSA) is 93.3 Å². The molecule has 0 saturated heterocycles. The zero-order valence-corrected chi connectivity index (χ0v) is 19.0. The van der Waals surface area contributed by atoms with Crippen LogP contribution in [0.4, 0.5) is 0 Å². The summed E-state index contributed by atoms with van der Waals surface area (Å²) in [5, 5.41) is 4.38. The SMILES string of the molecule is COc1cccc(P(=O)(OC)c2c(C(=O)NCc3ccncc3)[nH]c3ccc(C)cc23)c1. The molecule has 2 aromatic heterocycles. The van der Waals surface area contributed by atoms with Crippen molar-refractivity contribution in [1.29, 1.82) is 0 Å². The van der Waals surface area contributed by atoms with E-state index in [-0.39, 0.29) is 11.6 Å². The molecule has 8 heteroatoms. The molecule has 4 aromatic rings. The summed E-state index contributed by atoms with van der Waals surface area (Å²) in [7, 11) is -0.690. The molecule has 1 atom stereocenters. The van der Waals surface area contributed by atoms with E-state index in [1.807, 2.05) is 37.3 Å². The predicted octanol–water partition coefficient (Wildman–Crippen LogP) is 3.69. The summed E-state index contributed by atoms with van der Waals surface area (Å²) in [5.74, 6) is 0.185. The molecule has 2 N–H and O–H groups in total. The summed E-state index contributed by atoms with van der Waals surface area (Å²) in [6.45, 7) is 2.26. The number of amides is 1. The van der Waals surface area contributed by atoms with Gasteiger partial charge in [-0.05, 0) is 55.0 Å². The van der Waals surface area contributed by atoms with Crippen molar-refractivity contribution in [3.05, 3.63) is 83.8 Å². The van der Waals surface area contributed by atoms with Crippen molar-refractivity contribution in [3.8, 4) is 5.75 Å². The fourth-order valence-corrected chi connectivity index (χ4v) is 5.84. The van der Waals surface area contributed by atoms with E-state index in [2.05, 4.69) is 15.3 Å². The number of carbonyl (C=O) groups excluding carboxylic acids is 1. The van der Waals surface area contributed by atoms with Gasteiger partial charge in [0.1, 0.15) is 11.4 Å². The predicted molar refractivity (Wildman–Crippen MR) is 125 cm³/mol. The number of aryl methyl sites for hydroxylation is 1. The van der Waals surface area contributed by atoms with Crippen molar-refractivity contribution >= 4 is 34.8 Å². The molecule has 0 fully saturated rings. The normalized spacial score (nSPS) is 13.0. The molecular weight excluding hydrogens is 425 g/mol. The average Bonchev–Trinajstić information content (AvgIpc) is 3.22. The molecule has 0 radical (unpaired) electrons.